The summed E-state index contributed by atoms with van der Waals surface area (Å²) >= 11 is 0. The SMILES string of the molecule is O=CCC1CCCC(C2=CC([C@@H]3CCC4C5=C(CCCC5)c5ccccc5C4C3)=CCC2)C1. The molecule has 0 saturated heterocycles. The molecule has 6 rings (SSSR count). The summed E-state index contributed by atoms with van der Waals surface area (Å²) in [6.07, 6.45) is 24.3. The number of hydrogen-bond donors (Lipinski definition) is 0. The van der Waals surface area contributed by atoms with E-state index in [1.54, 1.807) is 27.8 Å². The van der Waals surface area contributed by atoms with E-state index in [0.717, 1.165) is 36.4 Å². The first-order valence-electron chi connectivity index (χ1n) is 14.0. The number of fused-ring (bicyclic) bond motifs is 5. The minimum atomic E-state index is 0.628. The van der Waals surface area contributed by atoms with Gasteiger partial charge in [-0.25, -0.2) is 0 Å². The zero-order valence-electron chi connectivity index (χ0n) is 20.2. The van der Waals surface area contributed by atoms with Gasteiger partial charge in [0.05, 0.1) is 0 Å². The Labute approximate surface area is 200 Å². The number of carbonyl (C=O) groups excluding carboxylic acids is 1. The normalized spacial score (nSPS) is 33.9. The second-order valence-electron chi connectivity index (χ2n) is 11.6. The average Bonchev–Trinajstić information content (AvgIpc) is 2.89. The number of carbonyl (C=O) groups is 1. The maximum atomic E-state index is 11.1. The van der Waals surface area contributed by atoms with Crippen LogP contribution in [0, 0.1) is 23.7 Å². The van der Waals surface area contributed by atoms with Crippen molar-refractivity contribution in [3.63, 3.8) is 0 Å². The summed E-state index contributed by atoms with van der Waals surface area (Å²) in [5, 5.41) is 0. The minimum absolute atomic E-state index is 0.628. The molecule has 0 N–H and O–H groups in total. The van der Waals surface area contributed by atoms with Gasteiger partial charge in [-0.3, -0.25) is 0 Å². The van der Waals surface area contributed by atoms with Crippen LogP contribution in [-0.2, 0) is 4.79 Å². The van der Waals surface area contributed by atoms with Crippen molar-refractivity contribution in [3.05, 3.63) is 64.3 Å². The van der Waals surface area contributed by atoms with Gasteiger partial charge in [-0.15, -0.1) is 0 Å². The van der Waals surface area contributed by atoms with Gasteiger partial charge >= 0.3 is 0 Å². The molecule has 1 aromatic carbocycles. The van der Waals surface area contributed by atoms with Gasteiger partial charge in [0.15, 0.2) is 0 Å². The van der Waals surface area contributed by atoms with Crippen LogP contribution >= 0.6 is 0 Å². The van der Waals surface area contributed by atoms with Crippen LogP contribution in [0.2, 0.25) is 0 Å². The summed E-state index contributed by atoms with van der Waals surface area (Å²) < 4.78 is 0. The van der Waals surface area contributed by atoms with Gasteiger partial charge in [0, 0.05) is 6.42 Å². The van der Waals surface area contributed by atoms with Crippen molar-refractivity contribution in [2.75, 3.05) is 0 Å². The third-order valence-electron chi connectivity index (χ3n) is 9.87. The van der Waals surface area contributed by atoms with Crippen LogP contribution < -0.4 is 0 Å². The van der Waals surface area contributed by atoms with Crippen LogP contribution in [0.15, 0.2) is 53.1 Å². The summed E-state index contributed by atoms with van der Waals surface area (Å²) in [4.78, 5) is 11.1. The lowest BCUT2D eigenvalue weighted by atomic mass is 9.60. The second kappa shape index (κ2) is 9.40. The molecule has 0 amide bonds. The fourth-order valence-electron chi connectivity index (χ4n) is 8.31. The van der Waals surface area contributed by atoms with Gasteiger partial charge in [0.2, 0.25) is 0 Å². The van der Waals surface area contributed by atoms with Crippen LogP contribution in [0.3, 0.4) is 0 Å². The number of allylic oxidation sites excluding steroid dienone is 6. The summed E-state index contributed by atoms with van der Waals surface area (Å²) in [6.45, 7) is 0. The number of hydrogen-bond acceptors (Lipinski definition) is 1. The molecule has 4 unspecified atom stereocenters. The Morgan fingerprint density at radius 2 is 1.76 bits per heavy atom. The Kier molecular flexibility index (Phi) is 6.16. The molecule has 2 saturated carbocycles. The van der Waals surface area contributed by atoms with Crippen LogP contribution in [-0.4, -0.2) is 6.29 Å². The van der Waals surface area contributed by atoms with Crippen molar-refractivity contribution in [1.29, 1.82) is 0 Å². The lowest BCUT2D eigenvalue weighted by Gasteiger charge is -2.45. The minimum Gasteiger partial charge on any atom is -0.303 e. The largest absolute Gasteiger partial charge is 0.303 e. The lowest BCUT2D eigenvalue weighted by Crippen LogP contribution is -2.30. The number of rotatable bonds is 4. The van der Waals surface area contributed by atoms with Crippen molar-refractivity contribution in [2.24, 2.45) is 23.7 Å². The van der Waals surface area contributed by atoms with E-state index < -0.39 is 0 Å². The molecule has 5 aliphatic rings. The molecule has 5 aliphatic carbocycles. The summed E-state index contributed by atoms with van der Waals surface area (Å²) in [7, 11) is 0. The molecule has 1 heteroatoms. The molecule has 2 fully saturated rings. The standard InChI is InChI=1S/C32H40O/c33-18-17-22-7-5-8-23(19-22)24-9-6-10-25(20-24)26-15-16-31-29-13-2-1-11-27(29)28-12-3-4-14-30(28)32(31)21-26/h3-4,10,12,14,18,20,22-23,26,31-32H,1-2,5-9,11,13,15-17,19,21H2/t22?,23?,26-,31?,32?/m1/s1. The van der Waals surface area contributed by atoms with Crippen LogP contribution in [0.25, 0.3) is 5.57 Å². The Bertz CT molecular complexity index is 992. The maximum absolute atomic E-state index is 11.1. The number of benzene rings is 1. The molecule has 1 aromatic rings. The smallest absolute Gasteiger partial charge is 0.120 e. The average molecular weight is 441 g/mol. The zero-order valence-corrected chi connectivity index (χ0v) is 20.2. The van der Waals surface area contributed by atoms with Crippen LogP contribution in [0.5, 0.6) is 0 Å². The van der Waals surface area contributed by atoms with E-state index >= 15 is 0 Å². The van der Waals surface area contributed by atoms with E-state index in [-0.39, 0.29) is 0 Å². The lowest BCUT2D eigenvalue weighted by molar-refractivity contribution is -0.108. The molecule has 0 bridgehead atoms. The Morgan fingerprint density at radius 3 is 2.70 bits per heavy atom. The zero-order chi connectivity index (χ0) is 22.2. The molecule has 5 atom stereocenters. The first-order chi connectivity index (χ1) is 16.3. The van der Waals surface area contributed by atoms with Crippen molar-refractivity contribution < 1.29 is 4.79 Å². The Balaban J connectivity index is 1.23. The first kappa shape index (κ1) is 21.6. The van der Waals surface area contributed by atoms with Crippen molar-refractivity contribution in [2.45, 2.75) is 95.8 Å². The monoisotopic (exact) mass is 440 g/mol. The highest BCUT2D eigenvalue weighted by molar-refractivity contribution is 5.75. The molecular formula is C32H40O. The van der Waals surface area contributed by atoms with E-state index in [9.17, 15) is 4.79 Å². The first-order valence-corrected chi connectivity index (χ1v) is 14.0. The molecule has 33 heavy (non-hydrogen) atoms. The highest BCUT2D eigenvalue weighted by Crippen LogP contribution is 2.55. The molecule has 0 aliphatic heterocycles. The van der Waals surface area contributed by atoms with Gasteiger partial charge < -0.3 is 4.79 Å². The van der Waals surface area contributed by atoms with E-state index in [2.05, 4.69) is 36.4 Å². The highest BCUT2D eigenvalue weighted by atomic mass is 16.1. The Morgan fingerprint density at radius 1 is 0.848 bits per heavy atom. The fourth-order valence-corrected chi connectivity index (χ4v) is 8.31. The summed E-state index contributed by atoms with van der Waals surface area (Å²) in [5.74, 6) is 3.62. The summed E-state index contributed by atoms with van der Waals surface area (Å²) in [5.41, 5.74) is 10.2. The molecule has 0 spiro atoms. The third kappa shape index (κ3) is 4.11. The third-order valence-corrected chi connectivity index (χ3v) is 9.87. The van der Waals surface area contributed by atoms with Crippen LogP contribution in [0.1, 0.15) is 107 Å². The van der Waals surface area contributed by atoms with E-state index in [1.807, 2.05) is 5.57 Å². The van der Waals surface area contributed by atoms with Gasteiger partial charge in [-0.1, -0.05) is 54.0 Å². The molecule has 1 nitrogen and oxygen atoms in total. The van der Waals surface area contributed by atoms with Gasteiger partial charge in [-0.2, -0.15) is 0 Å². The van der Waals surface area contributed by atoms with Crippen LogP contribution in [0.4, 0.5) is 0 Å². The van der Waals surface area contributed by atoms with Gasteiger partial charge in [0.1, 0.15) is 6.29 Å². The number of aldehydes is 1. The predicted octanol–water partition coefficient (Wildman–Crippen LogP) is 8.57. The predicted molar refractivity (Wildman–Crippen MR) is 137 cm³/mol. The highest BCUT2D eigenvalue weighted by Gasteiger charge is 2.40. The molecule has 0 aromatic heterocycles. The maximum Gasteiger partial charge on any atom is 0.120 e. The molecule has 174 valence electrons. The molecular weight excluding hydrogens is 400 g/mol. The fraction of sp³-hybridized carbons (Fsp3) is 0.594. The second-order valence-corrected chi connectivity index (χ2v) is 11.6. The van der Waals surface area contributed by atoms with Gasteiger partial charge in [-0.05, 0) is 129 Å². The van der Waals surface area contributed by atoms with Gasteiger partial charge in [0.25, 0.3) is 0 Å². The molecule has 0 heterocycles. The van der Waals surface area contributed by atoms with Crippen molar-refractivity contribution in [3.8, 4) is 0 Å². The van der Waals surface area contributed by atoms with Crippen molar-refractivity contribution >= 4 is 11.9 Å². The quantitative estimate of drug-likeness (QED) is 0.428. The van der Waals surface area contributed by atoms with Crippen molar-refractivity contribution in [1.82, 2.24) is 0 Å². The summed E-state index contributed by atoms with van der Waals surface area (Å²) in [6, 6.07) is 9.43. The van der Waals surface area contributed by atoms with E-state index in [0.29, 0.717) is 5.92 Å². The van der Waals surface area contributed by atoms with E-state index in [4.69, 9.17) is 0 Å². The topological polar surface area (TPSA) is 17.1 Å². The Hall–Kier alpha value is -1.89. The molecule has 0 radical (unpaired) electrons. The van der Waals surface area contributed by atoms with E-state index in [1.165, 1.54) is 83.5 Å².